The Labute approximate surface area is 103 Å². The first-order chi connectivity index (χ1) is 8.13. The Bertz CT molecular complexity index is 563. The maximum absolute atomic E-state index is 11.1. The Kier molecular flexibility index (Phi) is 3.01. The summed E-state index contributed by atoms with van der Waals surface area (Å²) in [6, 6.07) is 9.29. The molecule has 1 heterocycles. The van der Waals surface area contributed by atoms with Crippen molar-refractivity contribution in [1.29, 1.82) is 0 Å². The number of hydrogen-bond donors (Lipinski definition) is 2. The van der Waals surface area contributed by atoms with Gasteiger partial charge in [0.25, 0.3) is 5.91 Å². The third-order valence-corrected chi connectivity index (χ3v) is 3.56. The highest BCUT2D eigenvalue weighted by molar-refractivity contribution is 7.18. The number of carbonyl (C=O) groups excluding carboxylic acids is 1. The number of amides is 1. The second-order valence-corrected chi connectivity index (χ2v) is 4.51. The Morgan fingerprint density at radius 2 is 2.06 bits per heavy atom. The molecule has 4 nitrogen and oxygen atoms in total. The second-order valence-electron chi connectivity index (χ2n) is 3.46. The molecule has 0 bridgehead atoms. The zero-order chi connectivity index (χ0) is 12.4. The van der Waals surface area contributed by atoms with Crippen LogP contribution in [-0.4, -0.2) is 13.0 Å². The molecule has 1 aromatic carbocycles. The third kappa shape index (κ3) is 2.09. The summed E-state index contributed by atoms with van der Waals surface area (Å²) >= 11 is 1.27. The molecule has 0 aliphatic heterocycles. The first kappa shape index (κ1) is 11.5. The number of methoxy groups -OCH3 is 1. The molecule has 1 amide bonds. The summed E-state index contributed by atoms with van der Waals surface area (Å²) in [5.41, 5.74) is 12.3. The van der Waals surface area contributed by atoms with Crippen LogP contribution in [-0.2, 0) is 0 Å². The van der Waals surface area contributed by atoms with Gasteiger partial charge in [0, 0.05) is 10.4 Å². The first-order valence-electron chi connectivity index (χ1n) is 4.96. The minimum atomic E-state index is -0.506. The van der Waals surface area contributed by atoms with Crippen molar-refractivity contribution in [1.82, 2.24) is 0 Å². The van der Waals surface area contributed by atoms with Gasteiger partial charge in [-0.05, 0) is 18.2 Å². The molecule has 4 N–H and O–H groups in total. The average Bonchev–Trinajstić information content (AvgIpc) is 2.71. The van der Waals surface area contributed by atoms with Gasteiger partial charge in [0.15, 0.2) is 0 Å². The number of para-hydroxylation sites is 1. The number of nitrogen functional groups attached to an aromatic ring is 1. The molecule has 0 spiro atoms. The number of nitrogens with two attached hydrogens (primary N) is 2. The molecule has 2 aromatic rings. The molecule has 0 fully saturated rings. The molecule has 0 saturated carbocycles. The summed E-state index contributed by atoms with van der Waals surface area (Å²) in [5.74, 6) is 0.235. The van der Waals surface area contributed by atoms with E-state index in [0.29, 0.717) is 10.6 Å². The van der Waals surface area contributed by atoms with Crippen LogP contribution in [0.4, 0.5) is 5.69 Å². The number of anilines is 1. The fraction of sp³-hybridized carbons (Fsp3) is 0.0833. The largest absolute Gasteiger partial charge is 0.496 e. The van der Waals surface area contributed by atoms with E-state index in [4.69, 9.17) is 16.2 Å². The lowest BCUT2D eigenvalue weighted by atomic mass is 10.1. The molecular formula is C12H12N2O2S. The molecular weight excluding hydrogens is 236 g/mol. The lowest BCUT2D eigenvalue weighted by Crippen LogP contribution is -2.10. The van der Waals surface area contributed by atoms with Gasteiger partial charge in [-0.25, -0.2) is 0 Å². The van der Waals surface area contributed by atoms with Gasteiger partial charge in [-0.3, -0.25) is 4.79 Å². The minimum absolute atomic E-state index is 0.380. The van der Waals surface area contributed by atoms with Crippen molar-refractivity contribution in [3.8, 4) is 16.2 Å². The van der Waals surface area contributed by atoms with Crippen LogP contribution >= 0.6 is 11.3 Å². The number of primary amides is 1. The van der Waals surface area contributed by atoms with Crippen molar-refractivity contribution in [2.75, 3.05) is 12.8 Å². The second kappa shape index (κ2) is 4.47. The molecule has 0 atom stereocenters. The number of thiophene rings is 1. The zero-order valence-corrected chi connectivity index (χ0v) is 10.1. The quantitative estimate of drug-likeness (QED) is 0.873. The van der Waals surface area contributed by atoms with Crippen molar-refractivity contribution >= 4 is 22.9 Å². The van der Waals surface area contributed by atoms with Crippen LogP contribution in [0.2, 0.25) is 0 Å². The Balaban J connectivity index is 2.53. The summed E-state index contributed by atoms with van der Waals surface area (Å²) in [5, 5.41) is 0. The number of carbonyl (C=O) groups is 1. The average molecular weight is 248 g/mol. The van der Waals surface area contributed by atoms with E-state index < -0.39 is 5.91 Å². The Morgan fingerprint density at radius 3 is 2.65 bits per heavy atom. The summed E-state index contributed by atoms with van der Waals surface area (Å²) in [6.45, 7) is 0. The van der Waals surface area contributed by atoms with E-state index in [-0.39, 0.29) is 0 Å². The van der Waals surface area contributed by atoms with Crippen LogP contribution in [0.1, 0.15) is 9.67 Å². The molecule has 0 radical (unpaired) electrons. The van der Waals surface area contributed by atoms with E-state index >= 15 is 0 Å². The number of benzene rings is 1. The standard InChI is InChI=1S/C12H12N2O2S/c1-16-9-5-3-2-4-7(9)10-6-8(13)11(17-10)12(14)15/h2-6H,13H2,1H3,(H2,14,15). The van der Waals surface area contributed by atoms with E-state index in [2.05, 4.69) is 0 Å². The van der Waals surface area contributed by atoms with E-state index in [0.717, 1.165) is 16.2 Å². The first-order valence-corrected chi connectivity index (χ1v) is 5.77. The molecule has 2 rings (SSSR count). The highest BCUT2D eigenvalue weighted by Gasteiger charge is 2.14. The van der Waals surface area contributed by atoms with Crippen LogP contribution in [0.15, 0.2) is 30.3 Å². The number of hydrogen-bond acceptors (Lipinski definition) is 4. The zero-order valence-electron chi connectivity index (χ0n) is 9.27. The molecule has 17 heavy (non-hydrogen) atoms. The topological polar surface area (TPSA) is 78.3 Å². The highest BCUT2D eigenvalue weighted by atomic mass is 32.1. The van der Waals surface area contributed by atoms with Crippen LogP contribution in [0.25, 0.3) is 10.4 Å². The van der Waals surface area contributed by atoms with Gasteiger partial charge in [-0.1, -0.05) is 12.1 Å². The summed E-state index contributed by atoms with van der Waals surface area (Å²) in [7, 11) is 1.60. The molecule has 1 aromatic heterocycles. The lowest BCUT2D eigenvalue weighted by molar-refractivity contribution is 0.100. The molecule has 0 aliphatic carbocycles. The summed E-state index contributed by atoms with van der Waals surface area (Å²) < 4.78 is 5.26. The Morgan fingerprint density at radius 1 is 1.35 bits per heavy atom. The number of ether oxygens (including phenoxy) is 1. The SMILES string of the molecule is COc1ccccc1-c1cc(N)c(C(N)=O)s1. The number of rotatable bonds is 3. The van der Waals surface area contributed by atoms with Gasteiger partial charge in [-0.15, -0.1) is 11.3 Å². The maximum atomic E-state index is 11.1. The van der Waals surface area contributed by atoms with Crippen LogP contribution in [0, 0.1) is 0 Å². The van der Waals surface area contributed by atoms with Crippen LogP contribution in [0.3, 0.4) is 0 Å². The predicted molar refractivity (Wildman–Crippen MR) is 69.2 cm³/mol. The van der Waals surface area contributed by atoms with Crippen molar-refractivity contribution in [3.05, 3.63) is 35.2 Å². The van der Waals surface area contributed by atoms with E-state index in [9.17, 15) is 4.79 Å². The van der Waals surface area contributed by atoms with Crippen molar-refractivity contribution < 1.29 is 9.53 Å². The van der Waals surface area contributed by atoms with Gasteiger partial charge in [0.05, 0.1) is 12.8 Å². The fourth-order valence-corrected chi connectivity index (χ4v) is 2.54. The van der Waals surface area contributed by atoms with Crippen molar-refractivity contribution in [2.24, 2.45) is 5.73 Å². The lowest BCUT2D eigenvalue weighted by Gasteiger charge is -2.05. The molecule has 0 aliphatic rings. The van der Waals surface area contributed by atoms with Gasteiger partial charge in [0.2, 0.25) is 0 Å². The maximum Gasteiger partial charge on any atom is 0.260 e. The Hall–Kier alpha value is -2.01. The predicted octanol–water partition coefficient (Wildman–Crippen LogP) is 2.10. The third-order valence-electron chi connectivity index (χ3n) is 2.36. The summed E-state index contributed by atoms with van der Waals surface area (Å²) in [4.78, 5) is 12.4. The molecule has 0 unspecified atom stereocenters. The summed E-state index contributed by atoms with van der Waals surface area (Å²) in [6.07, 6.45) is 0. The van der Waals surface area contributed by atoms with Gasteiger partial charge in [-0.2, -0.15) is 0 Å². The van der Waals surface area contributed by atoms with E-state index in [1.165, 1.54) is 11.3 Å². The molecule has 0 saturated heterocycles. The smallest absolute Gasteiger partial charge is 0.260 e. The monoisotopic (exact) mass is 248 g/mol. The van der Waals surface area contributed by atoms with Crippen molar-refractivity contribution in [2.45, 2.75) is 0 Å². The molecule has 5 heteroatoms. The van der Waals surface area contributed by atoms with Gasteiger partial charge >= 0.3 is 0 Å². The van der Waals surface area contributed by atoms with Crippen LogP contribution < -0.4 is 16.2 Å². The fourth-order valence-electron chi connectivity index (χ4n) is 1.58. The normalized spacial score (nSPS) is 10.2. The minimum Gasteiger partial charge on any atom is -0.496 e. The van der Waals surface area contributed by atoms with E-state index in [1.807, 2.05) is 24.3 Å². The van der Waals surface area contributed by atoms with Gasteiger partial charge < -0.3 is 16.2 Å². The molecule has 88 valence electrons. The van der Waals surface area contributed by atoms with Crippen LogP contribution in [0.5, 0.6) is 5.75 Å². The highest BCUT2D eigenvalue weighted by Crippen LogP contribution is 2.37. The van der Waals surface area contributed by atoms with E-state index in [1.54, 1.807) is 13.2 Å². The van der Waals surface area contributed by atoms with Crippen molar-refractivity contribution in [3.63, 3.8) is 0 Å². The van der Waals surface area contributed by atoms with Gasteiger partial charge in [0.1, 0.15) is 10.6 Å².